The van der Waals surface area contributed by atoms with Crippen molar-refractivity contribution in [2.75, 3.05) is 5.32 Å². The Kier molecular flexibility index (Phi) is 3.94. The normalized spacial score (nSPS) is 10.4. The highest BCUT2D eigenvalue weighted by Crippen LogP contribution is 2.26. The first-order chi connectivity index (χ1) is 10.6. The molecule has 1 aromatic carbocycles. The van der Waals surface area contributed by atoms with Gasteiger partial charge in [-0.3, -0.25) is 14.9 Å². The van der Waals surface area contributed by atoms with Gasteiger partial charge in [0, 0.05) is 34.1 Å². The van der Waals surface area contributed by atoms with Gasteiger partial charge in [-0.1, -0.05) is 6.07 Å². The predicted octanol–water partition coefficient (Wildman–Crippen LogP) is 4.03. The molecule has 0 aliphatic carbocycles. The number of hydrogen-bond acceptors (Lipinski definition) is 6. The number of amides is 1. The number of nitrogens with one attached hydrogen (secondary N) is 1. The second-order valence-corrected chi connectivity index (χ2v) is 5.95. The Labute approximate surface area is 133 Å². The molecule has 0 aliphatic rings. The number of benzene rings is 1. The lowest BCUT2D eigenvalue weighted by Crippen LogP contribution is -2.12. The fraction of sp³-hybridized carbons (Fsp3) is 0. The summed E-state index contributed by atoms with van der Waals surface area (Å²) in [6.07, 6.45) is 0. The summed E-state index contributed by atoms with van der Waals surface area (Å²) in [4.78, 5) is 26.6. The molecule has 3 aromatic rings. The van der Waals surface area contributed by atoms with Crippen LogP contribution >= 0.6 is 22.7 Å². The van der Waals surface area contributed by atoms with E-state index >= 15 is 0 Å². The van der Waals surface area contributed by atoms with Crippen LogP contribution in [-0.4, -0.2) is 15.8 Å². The molecule has 0 saturated carbocycles. The van der Waals surface area contributed by atoms with E-state index in [9.17, 15) is 14.9 Å². The van der Waals surface area contributed by atoms with E-state index < -0.39 is 10.8 Å². The number of rotatable bonds is 4. The summed E-state index contributed by atoms with van der Waals surface area (Å²) in [5.41, 5.74) is 1.56. The van der Waals surface area contributed by atoms with Crippen molar-refractivity contribution in [3.63, 3.8) is 0 Å². The van der Waals surface area contributed by atoms with Crippen LogP contribution in [0.15, 0.2) is 46.5 Å². The topological polar surface area (TPSA) is 85.1 Å². The first-order valence-electron chi connectivity index (χ1n) is 6.17. The van der Waals surface area contributed by atoms with Crippen LogP contribution in [0.4, 0.5) is 11.4 Å². The van der Waals surface area contributed by atoms with Crippen LogP contribution < -0.4 is 5.32 Å². The Morgan fingerprint density at radius 2 is 2.14 bits per heavy atom. The number of carbonyl (C=O) groups is 1. The Morgan fingerprint density at radius 1 is 1.27 bits per heavy atom. The first-order valence-corrected chi connectivity index (χ1v) is 7.99. The average Bonchev–Trinajstić information content (AvgIpc) is 3.18. The number of nitrogens with zero attached hydrogens (tertiary/aromatic N) is 2. The van der Waals surface area contributed by atoms with Gasteiger partial charge in [-0.25, -0.2) is 4.98 Å². The monoisotopic (exact) mass is 331 g/mol. The van der Waals surface area contributed by atoms with E-state index in [0.717, 1.165) is 10.6 Å². The number of thiazole rings is 1. The number of carbonyl (C=O) groups excluding carboxylic acids is 1. The van der Waals surface area contributed by atoms with Gasteiger partial charge in [-0.15, -0.1) is 11.3 Å². The smallest absolute Gasteiger partial charge is 0.275 e. The lowest BCUT2D eigenvalue weighted by Gasteiger charge is -2.02. The molecule has 6 nitrogen and oxygen atoms in total. The summed E-state index contributed by atoms with van der Waals surface area (Å²) in [5.74, 6) is -0.391. The lowest BCUT2D eigenvalue weighted by molar-refractivity contribution is -0.384. The molecule has 22 heavy (non-hydrogen) atoms. The van der Waals surface area contributed by atoms with Gasteiger partial charge in [0.05, 0.1) is 4.92 Å². The van der Waals surface area contributed by atoms with Crippen molar-refractivity contribution >= 4 is 40.0 Å². The zero-order valence-corrected chi connectivity index (χ0v) is 12.7. The summed E-state index contributed by atoms with van der Waals surface area (Å²) >= 11 is 2.94. The number of thiophene rings is 1. The molecule has 0 radical (unpaired) electrons. The number of anilines is 1. The van der Waals surface area contributed by atoms with Crippen LogP contribution in [0.3, 0.4) is 0 Å². The maximum Gasteiger partial charge on any atom is 0.275 e. The minimum atomic E-state index is -0.507. The third kappa shape index (κ3) is 3.02. The van der Waals surface area contributed by atoms with Gasteiger partial charge >= 0.3 is 0 Å². The van der Waals surface area contributed by atoms with Crippen LogP contribution in [0.1, 0.15) is 10.5 Å². The van der Waals surface area contributed by atoms with Gasteiger partial charge < -0.3 is 5.32 Å². The van der Waals surface area contributed by atoms with E-state index in [0.29, 0.717) is 5.69 Å². The third-order valence-electron chi connectivity index (χ3n) is 2.82. The molecule has 3 rings (SSSR count). The summed E-state index contributed by atoms with van der Waals surface area (Å²) in [5, 5.41) is 19.7. The summed E-state index contributed by atoms with van der Waals surface area (Å²) in [6, 6.07) is 7.73. The molecule has 0 aliphatic heterocycles. The van der Waals surface area contributed by atoms with Crippen LogP contribution in [0.2, 0.25) is 0 Å². The number of hydrogen-bond donors (Lipinski definition) is 1. The molecule has 0 saturated heterocycles. The molecule has 1 N–H and O–H groups in total. The van der Waals surface area contributed by atoms with Gasteiger partial charge in [0.1, 0.15) is 10.7 Å². The van der Waals surface area contributed by atoms with Crippen molar-refractivity contribution in [2.45, 2.75) is 0 Å². The largest absolute Gasteiger partial charge is 0.320 e. The Bertz CT molecular complexity index is 827. The fourth-order valence-electron chi connectivity index (χ4n) is 1.79. The highest BCUT2D eigenvalue weighted by atomic mass is 32.1. The van der Waals surface area contributed by atoms with Gasteiger partial charge in [-0.2, -0.15) is 11.3 Å². The van der Waals surface area contributed by atoms with Crippen LogP contribution in [-0.2, 0) is 0 Å². The molecule has 0 unspecified atom stereocenters. The van der Waals surface area contributed by atoms with Crippen molar-refractivity contribution in [1.82, 2.24) is 4.98 Å². The summed E-state index contributed by atoms with van der Waals surface area (Å²) in [6.45, 7) is 0. The van der Waals surface area contributed by atoms with E-state index in [1.54, 1.807) is 22.8 Å². The second kappa shape index (κ2) is 6.04. The van der Waals surface area contributed by atoms with Crippen molar-refractivity contribution in [3.8, 4) is 10.6 Å². The number of nitro groups is 1. The Balaban J connectivity index is 1.77. The molecule has 0 bridgehead atoms. The van der Waals surface area contributed by atoms with Crippen molar-refractivity contribution in [2.24, 2.45) is 0 Å². The minimum absolute atomic E-state index is 0.0740. The van der Waals surface area contributed by atoms with Gasteiger partial charge in [-0.05, 0) is 17.5 Å². The Morgan fingerprint density at radius 3 is 2.86 bits per heavy atom. The molecule has 0 spiro atoms. The lowest BCUT2D eigenvalue weighted by atomic mass is 10.2. The number of aromatic nitrogens is 1. The zero-order valence-electron chi connectivity index (χ0n) is 11.1. The second-order valence-electron chi connectivity index (χ2n) is 4.31. The van der Waals surface area contributed by atoms with Gasteiger partial charge in [0.25, 0.3) is 11.6 Å². The molecule has 2 heterocycles. The molecule has 0 atom stereocenters. The minimum Gasteiger partial charge on any atom is -0.320 e. The SMILES string of the molecule is O=C(Nc1cccc([N+](=O)[O-])c1)c1csc(-c2ccsc2)n1. The molecule has 110 valence electrons. The molecule has 2 aromatic heterocycles. The average molecular weight is 331 g/mol. The maximum atomic E-state index is 12.1. The van der Waals surface area contributed by atoms with E-state index in [1.165, 1.54) is 29.5 Å². The standard InChI is InChI=1S/C14H9N3O3S2/c18-13(15-10-2-1-3-11(6-10)17(19)20)12-8-22-14(16-12)9-4-5-21-7-9/h1-8H,(H,15,18). The highest BCUT2D eigenvalue weighted by Gasteiger charge is 2.13. The molecular formula is C14H9N3O3S2. The Hall–Kier alpha value is -2.58. The van der Waals surface area contributed by atoms with Crippen LogP contribution in [0.5, 0.6) is 0 Å². The quantitative estimate of drug-likeness (QED) is 0.577. The van der Waals surface area contributed by atoms with Gasteiger partial charge in [0.2, 0.25) is 0 Å². The van der Waals surface area contributed by atoms with E-state index in [1.807, 2.05) is 16.8 Å². The summed E-state index contributed by atoms with van der Waals surface area (Å²) in [7, 11) is 0. The molecular weight excluding hydrogens is 322 g/mol. The van der Waals surface area contributed by atoms with E-state index in [2.05, 4.69) is 10.3 Å². The van der Waals surface area contributed by atoms with Crippen LogP contribution in [0.25, 0.3) is 10.6 Å². The third-order valence-corrected chi connectivity index (χ3v) is 4.39. The molecule has 0 fully saturated rings. The molecule has 1 amide bonds. The summed E-state index contributed by atoms with van der Waals surface area (Å²) < 4.78 is 0. The van der Waals surface area contributed by atoms with Crippen LogP contribution in [0, 0.1) is 10.1 Å². The predicted molar refractivity (Wildman–Crippen MR) is 86.5 cm³/mol. The maximum absolute atomic E-state index is 12.1. The molecule has 8 heteroatoms. The number of nitro benzene ring substituents is 1. The van der Waals surface area contributed by atoms with E-state index in [-0.39, 0.29) is 11.4 Å². The highest BCUT2D eigenvalue weighted by molar-refractivity contribution is 7.14. The van der Waals surface area contributed by atoms with Gasteiger partial charge in [0.15, 0.2) is 0 Å². The van der Waals surface area contributed by atoms with Crippen molar-refractivity contribution in [1.29, 1.82) is 0 Å². The first kappa shape index (κ1) is 14.4. The van der Waals surface area contributed by atoms with Crippen molar-refractivity contribution < 1.29 is 9.72 Å². The number of non-ortho nitro benzene ring substituents is 1. The van der Waals surface area contributed by atoms with Crippen molar-refractivity contribution in [3.05, 3.63) is 62.3 Å². The van der Waals surface area contributed by atoms with E-state index in [4.69, 9.17) is 0 Å². The zero-order chi connectivity index (χ0) is 15.5. The fourth-order valence-corrected chi connectivity index (χ4v) is 3.30.